The molecule has 2 aliphatic heterocycles. The summed E-state index contributed by atoms with van der Waals surface area (Å²) in [6, 6.07) is 6.77. The summed E-state index contributed by atoms with van der Waals surface area (Å²) < 4.78 is 79.3. The second kappa shape index (κ2) is 12.7. The van der Waals surface area contributed by atoms with Gasteiger partial charge in [0.05, 0.1) is 34.8 Å². The van der Waals surface area contributed by atoms with Crippen molar-refractivity contribution in [2.24, 2.45) is 5.92 Å². The van der Waals surface area contributed by atoms with Gasteiger partial charge in [0.2, 0.25) is 15.9 Å². The number of ether oxygens (including phenoxy) is 2. The molecule has 0 saturated carbocycles. The highest BCUT2D eigenvalue weighted by atomic mass is 35.5. The third-order valence-electron chi connectivity index (χ3n) is 8.08. The Kier molecular flexibility index (Phi) is 9.83. The lowest BCUT2D eigenvalue weighted by molar-refractivity contribution is -0.141. The van der Waals surface area contributed by atoms with Gasteiger partial charge in [0, 0.05) is 26.2 Å². The Morgan fingerprint density at radius 1 is 1.12 bits per heavy atom. The van der Waals surface area contributed by atoms with Crippen LogP contribution < -0.4 is 4.74 Å². The minimum atomic E-state index is -4.65. The number of nitrogens with zero attached hydrogens (tertiary/aromatic N) is 2. The maximum absolute atomic E-state index is 13.5. The van der Waals surface area contributed by atoms with Gasteiger partial charge < -0.3 is 19.5 Å². The lowest BCUT2D eigenvalue weighted by atomic mass is 9.83. The van der Waals surface area contributed by atoms with Crippen LogP contribution in [0.1, 0.15) is 47.9 Å². The molecule has 2 aliphatic rings. The fraction of sp³-hybridized carbons (Fsp3) is 0.552. The average Bonchev–Trinajstić information content (AvgIpc) is 2.92. The zero-order valence-electron chi connectivity index (χ0n) is 23.8. The largest absolute Gasteiger partial charge is 0.497 e. The van der Waals surface area contributed by atoms with Gasteiger partial charge in [0.25, 0.3) is 0 Å². The number of rotatable bonds is 8. The summed E-state index contributed by atoms with van der Waals surface area (Å²) in [7, 11) is -2.20. The Morgan fingerprint density at radius 3 is 2.36 bits per heavy atom. The molecule has 2 heterocycles. The molecule has 4 rings (SSSR count). The summed E-state index contributed by atoms with van der Waals surface area (Å²) >= 11 is 5.71. The zero-order chi connectivity index (χ0) is 30.9. The molecule has 232 valence electrons. The molecular formula is C29H36ClF3N2O6S. The normalized spacial score (nSPS) is 20.0. The third-order valence-corrected chi connectivity index (χ3v) is 10.6. The molecule has 2 aromatic carbocycles. The number of alkyl halides is 3. The van der Waals surface area contributed by atoms with Crippen molar-refractivity contribution in [1.29, 1.82) is 0 Å². The van der Waals surface area contributed by atoms with Crippen LogP contribution in [0.2, 0.25) is 5.02 Å². The van der Waals surface area contributed by atoms with Crippen LogP contribution in [0, 0.1) is 19.8 Å². The number of likely N-dealkylation sites (tertiary alicyclic amines) is 1. The Hall–Kier alpha value is -2.38. The van der Waals surface area contributed by atoms with Crippen LogP contribution in [0.5, 0.6) is 5.75 Å². The molecule has 42 heavy (non-hydrogen) atoms. The van der Waals surface area contributed by atoms with Crippen molar-refractivity contribution < 1.29 is 41.0 Å². The fourth-order valence-corrected chi connectivity index (χ4v) is 7.99. The van der Waals surface area contributed by atoms with Gasteiger partial charge >= 0.3 is 6.18 Å². The maximum atomic E-state index is 13.5. The van der Waals surface area contributed by atoms with Crippen LogP contribution in [0.3, 0.4) is 0 Å². The van der Waals surface area contributed by atoms with E-state index in [2.05, 4.69) is 0 Å². The molecule has 1 unspecified atom stereocenters. The van der Waals surface area contributed by atoms with E-state index in [0.717, 1.165) is 18.6 Å². The second-order valence-electron chi connectivity index (χ2n) is 11.1. The van der Waals surface area contributed by atoms with Crippen molar-refractivity contribution in [1.82, 2.24) is 9.21 Å². The van der Waals surface area contributed by atoms with E-state index < -0.39 is 32.4 Å². The second-order valence-corrected chi connectivity index (χ2v) is 13.4. The van der Waals surface area contributed by atoms with E-state index in [1.807, 2.05) is 0 Å². The smallest absolute Gasteiger partial charge is 0.417 e. The van der Waals surface area contributed by atoms with Crippen LogP contribution in [-0.4, -0.2) is 75.1 Å². The average molecular weight is 633 g/mol. The van der Waals surface area contributed by atoms with Crippen molar-refractivity contribution in [2.45, 2.75) is 56.2 Å². The lowest BCUT2D eigenvalue weighted by Crippen LogP contribution is -2.46. The standard InChI is InChI=1S/C29H36ClF3N2O6S/c1-19-13-23(40-3)14-20(2)27(19)42(38,39)35-10-4-5-21(16-35)17-41-18-26(36)34-11-8-28(37,9-12-34)22-6-7-25(30)24(15-22)29(31,32)33/h6-7,13-15,21,37H,4-5,8-12,16-18H2,1-3H3. The Labute approximate surface area is 249 Å². The number of sulfonamides is 1. The van der Waals surface area contributed by atoms with E-state index in [1.54, 1.807) is 26.0 Å². The molecule has 1 atom stereocenters. The first-order valence-electron chi connectivity index (χ1n) is 13.8. The fourth-order valence-electron chi connectivity index (χ4n) is 5.80. The minimum absolute atomic E-state index is 0.0668. The molecule has 8 nitrogen and oxygen atoms in total. The van der Waals surface area contributed by atoms with E-state index in [1.165, 1.54) is 22.4 Å². The van der Waals surface area contributed by atoms with Crippen LogP contribution in [0.4, 0.5) is 13.2 Å². The number of carbonyl (C=O) groups excluding carboxylic acids is 1. The van der Waals surface area contributed by atoms with Crippen LogP contribution in [0.25, 0.3) is 0 Å². The van der Waals surface area contributed by atoms with Gasteiger partial charge in [-0.3, -0.25) is 4.79 Å². The van der Waals surface area contributed by atoms with Gasteiger partial charge in [-0.1, -0.05) is 17.7 Å². The van der Waals surface area contributed by atoms with Crippen molar-refractivity contribution in [3.05, 3.63) is 57.6 Å². The summed E-state index contributed by atoms with van der Waals surface area (Å²) in [6.07, 6.45) is -3.08. The van der Waals surface area contributed by atoms with Crippen LogP contribution >= 0.6 is 11.6 Å². The Bertz CT molecular complexity index is 1390. The van der Waals surface area contributed by atoms with Crippen LogP contribution in [-0.2, 0) is 31.3 Å². The molecule has 1 amide bonds. The van der Waals surface area contributed by atoms with Crippen LogP contribution in [0.15, 0.2) is 35.2 Å². The number of methoxy groups -OCH3 is 1. The van der Waals surface area contributed by atoms with Gasteiger partial charge in [0.1, 0.15) is 12.4 Å². The van der Waals surface area contributed by atoms with Crippen molar-refractivity contribution >= 4 is 27.5 Å². The van der Waals surface area contributed by atoms with Crippen molar-refractivity contribution in [3.8, 4) is 5.75 Å². The van der Waals surface area contributed by atoms with Gasteiger partial charge in [-0.15, -0.1) is 0 Å². The molecule has 0 aliphatic carbocycles. The summed E-state index contributed by atoms with van der Waals surface area (Å²) in [5, 5.41) is 10.6. The molecule has 0 bridgehead atoms. The molecule has 2 aromatic rings. The predicted molar refractivity (Wildman–Crippen MR) is 151 cm³/mol. The van der Waals surface area contributed by atoms with Gasteiger partial charge in [-0.25, -0.2) is 8.42 Å². The van der Waals surface area contributed by atoms with Gasteiger partial charge in [0.15, 0.2) is 0 Å². The lowest BCUT2D eigenvalue weighted by Gasteiger charge is -2.39. The van der Waals surface area contributed by atoms with Crippen molar-refractivity contribution in [2.75, 3.05) is 46.5 Å². The van der Waals surface area contributed by atoms with Crippen molar-refractivity contribution in [3.63, 3.8) is 0 Å². The van der Waals surface area contributed by atoms with E-state index in [0.29, 0.717) is 29.8 Å². The number of carbonyl (C=O) groups is 1. The minimum Gasteiger partial charge on any atom is -0.497 e. The molecular weight excluding hydrogens is 597 g/mol. The maximum Gasteiger partial charge on any atom is 0.417 e. The monoisotopic (exact) mass is 632 g/mol. The molecule has 0 spiro atoms. The number of piperidine rings is 2. The summed E-state index contributed by atoms with van der Waals surface area (Å²) in [5.41, 5.74) is -1.19. The zero-order valence-corrected chi connectivity index (χ0v) is 25.4. The molecule has 2 saturated heterocycles. The number of aliphatic hydroxyl groups is 1. The van der Waals surface area contributed by atoms with E-state index in [9.17, 15) is 31.5 Å². The van der Waals surface area contributed by atoms with Gasteiger partial charge in [-0.05, 0) is 86.4 Å². The number of hydrogen-bond acceptors (Lipinski definition) is 6. The first kappa shape index (κ1) is 32.5. The first-order valence-corrected chi connectivity index (χ1v) is 15.6. The summed E-state index contributed by atoms with van der Waals surface area (Å²) in [6.45, 7) is 4.47. The number of hydrogen-bond donors (Lipinski definition) is 1. The number of amides is 1. The highest BCUT2D eigenvalue weighted by Crippen LogP contribution is 2.40. The molecule has 2 fully saturated rings. The summed E-state index contributed by atoms with van der Waals surface area (Å²) in [5.74, 6) is 0.214. The summed E-state index contributed by atoms with van der Waals surface area (Å²) in [4.78, 5) is 14.6. The Morgan fingerprint density at radius 2 is 1.76 bits per heavy atom. The predicted octanol–water partition coefficient (Wildman–Crippen LogP) is 4.91. The first-order chi connectivity index (χ1) is 19.7. The highest BCUT2D eigenvalue weighted by Gasteiger charge is 2.39. The molecule has 0 aromatic heterocycles. The number of aryl methyl sites for hydroxylation is 2. The third kappa shape index (κ3) is 7.05. The Balaban J connectivity index is 1.29. The number of halogens is 4. The molecule has 1 N–H and O–H groups in total. The molecule has 0 radical (unpaired) electrons. The van der Waals surface area contributed by atoms with E-state index >= 15 is 0 Å². The van der Waals surface area contributed by atoms with E-state index in [-0.39, 0.29) is 68.0 Å². The van der Waals surface area contributed by atoms with Gasteiger partial charge in [-0.2, -0.15) is 17.5 Å². The highest BCUT2D eigenvalue weighted by molar-refractivity contribution is 7.89. The topological polar surface area (TPSA) is 96.4 Å². The number of benzene rings is 2. The molecule has 13 heteroatoms. The quantitative estimate of drug-likeness (QED) is 0.444. The van der Waals surface area contributed by atoms with E-state index in [4.69, 9.17) is 21.1 Å². The SMILES string of the molecule is COc1cc(C)c(S(=O)(=O)N2CCCC(COCC(=O)N3CCC(O)(c4ccc(Cl)c(C(F)(F)F)c4)CC3)C2)c(C)c1.